The summed E-state index contributed by atoms with van der Waals surface area (Å²) in [5.74, 6) is -0.116. The van der Waals surface area contributed by atoms with Crippen molar-refractivity contribution in [3.63, 3.8) is 0 Å². The summed E-state index contributed by atoms with van der Waals surface area (Å²) in [6.07, 6.45) is 1.19. The number of hydrogen-bond donors (Lipinski definition) is 1. The number of nitrogens with zero attached hydrogens (tertiary/aromatic N) is 1. The number of benzene rings is 1. The molecular weight excluding hydrogens is 203 g/mol. The summed E-state index contributed by atoms with van der Waals surface area (Å²) >= 11 is 0. The monoisotopic (exact) mass is 222 g/mol. The molecule has 0 saturated carbocycles. The van der Waals surface area contributed by atoms with Crippen molar-refractivity contribution in [2.75, 3.05) is 18.9 Å². The van der Waals surface area contributed by atoms with E-state index in [1.165, 1.54) is 12.5 Å². The maximum Gasteiger partial charge on any atom is 0.129 e. The smallest absolute Gasteiger partial charge is 0.129 e. The van der Waals surface area contributed by atoms with Crippen LogP contribution in [-0.2, 0) is 6.54 Å². The molecule has 1 aliphatic heterocycles. The average molecular weight is 222 g/mol. The van der Waals surface area contributed by atoms with Gasteiger partial charge in [-0.25, -0.2) is 4.39 Å². The van der Waals surface area contributed by atoms with Gasteiger partial charge < -0.3 is 5.32 Å². The second-order valence-electron chi connectivity index (χ2n) is 5.00. The van der Waals surface area contributed by atoms with Crippen LogP contribution in [-0.4, -0.2) is 24.0 Å². The van der Waals surface area contributed by atoms with E-state index in [9.17, 15) is 4.39 Å². The largest absolute Gasteiger partial charge is 0.388 e. The Bertz CT molecular complexity index is 388. The second kappa shape index (κ2) is 4.06. The molecule has 1 aromatic carbocycles. The van der Waals surface area contributed by atoms with Crippen molar-refractivity contribution < 1.29 is 4.39 Å². The number of anilines is 1. The molecule has 3 heteroatoms. The van der Waals surface area contributed by atoms with Gasteiger partial charge in [0.05, 0.1) is 0 Å². The lowest BCUT2D eigenvalue weighted by Gasteiger charge is -2.48. The van der Waals surface area contributed by atoms with Gasteiger partial charge >= 0.3 is 0 Å². The zero-order valence-corrected chi connectivity index (χ0v) is 10.2. The molecule has 0 aromatic heterocycles. The molecule has 1 N–H and O–H groups in total. The van der Waals surface area contributed by atoms with Crippen molar-refractivity contribution in [3.05, 3.63) is 29.6 Å². The Hall–Kier alpha value is -1.09. The van der Waals surface area contributed by atoms with E-state index in [1.807, 2.05) is 13.1 Å². The summed E-state index contributed by atoms with van der Waals surface area (Å²) in [5, 5.41) is 3.05. The van der Waals surface area contributed by atoms with Gasteiger partial charge in [0.25, 0.3) is 0 Å². The van der Waals surface area contributed by atoms with Gasteiger partial charge in [0, 0.05) is 36.9 Å². The van der Waals surface area contributed by atoms with Crippen molar-refractivity contribution >= 4 is 5.69 Å². The van der Waals surface area contributed by atoms with E-state index in [0.29, 0.717) is 6.54 Å². The van der Waals surface area contributed by atoms with Crippen LogP contribution in [0.5, 0.6) is 0 Å². The zero-order chi connectivity index (χ0) is 11.8. The number of rotatable bonds is 3. The molecule has 2 rings (SSSR count). The van der Waals surface area contributed by atoms with Crippen molar-refractivity contribution in [3.8, 4) is 0 Å². The first kappa shape index (κ1) is 11.4. The van der Waals surface area contributed by atoms with Gasteiger partial charge in [0.1, 0.15) is 5.82 Å². The van der Waals surface area contributed by atoms with Crippen LogP contribution in [0.25, 0.3) is 0 Å². The van der Waals surface area contributed by atoms with Crippen molar-refractivity contribution in [1.82, 2.24) is 4.90 Å². The molecule has 0 unspecified atom stereocenters. The number of likely N-dealkylation sites (tertiary alicyclic amines) is 1. The third-order valence-electron chi connectivity index (χ3n) is 3.59. The molecular formula is C13H19FN2. The van der Waals surface area contributed by atoms with E-state index in [-0.39, 0.29) is 11.4 Å². The predicted molar refractivity (Wildman–Crippen MR) is 65.1 cm³/mol. The molecule has 0 radical (unpaired) electrons. The van der Waals surface area contributed by atoms with E-state index in [0.717, 1.165) is 17.8 Å². The third kappa shape index (κ3) is 1.92. The van der Waals surface area contributed by atoms with Crippen molar-refractivity contribution in [2.45, 2.75) is 32.4 Å². The van der Waals surface area contributed by atoms with Crippen LogP contribution in [0.3, 0.4) is 0 Å². The fourth-order valence-corrected chi connectivity index (χ4v) is 2.15. The Morgan fingerprint density at radius 3 is 2.69 bits per heavy atom. The summed E-state index contributed by atoms with van der Waals surface area (Å²) in [5.41, 5.74) is 1.88. The lowest BCUT2D eigenvalue weighted by atomic mass is 9.88. The molecule has 0 spiro atoms. The molecule has 0 amide bonds. The van der Waals surface area contributed by atoms with Crippen molar-refractivity contribution in [2.24, 2.45) is 0 Å². The molecule has 1 saturated heterocycles. The Balaban J connectivity index is 2.21. The minimum absolute atomic E-state index is 0.116. The summed E-state index contributed by atoms with van der Waals surface area (Å²) in [4.78, 5) is 2.31. The van der Waals surface area contributed by atoms with Crippen molar-refractivity contribution in [1.29, 1.82) is 0 Å². The van der Waals surface area contributed by atoms with Gasteiger partial charge in [-0.05, 0) is 32.4 Å². The maximum absolute atomic E-state index is 13.7. The molecule has 1 aliphatic rings. The fraction of sp³-hybridized carbons (Fsp3) is 0.538. The van der Waals surface area contributed by atoms with Gasteiger partial charge in [-0.1, -0.05) is 6.07 Å². The van der Waals surface area contributed by atoms with E-state index in [4.69, 9.17) is 0 Å². The molecule has 0 bridgehead atoms. The first-order valence-corrected chi connectivity index (χ1v) is 5.75. The van der Waals surface area contributed by atoms with Gasteiger partial charge in [-0.15, -0.1) is 0 Å². The molecule has 1 heterocycles. The first-order valence-electron chi connectivity index (χ1n) is 5.75. The SMILES string of the molecule is CNc1cccc(F)c1CN1CCC1(C)C. The number of nitrogens with one attached hydrogen (secondary N) is 1. The summed E-state index contributed by atoms with van der Waals surface area (Å²) in [7, 11) is 1.83. The summed E-state index contributed by atoms with van der Waals surface area (Å²) in [6.45, 7) is 6.16. The van der Waals surface area contributed by atoms with E-state index >= 15 is 0 Å². The third-order valence-corrected chi connectivity index (χ3v) is 3.59. The van der Waals surface area contributed by atoms with Crippen LogP contribution in [0.4, 0.5) is 10.1 Å². The van der Waals surface area contributed by atoms with E-state index in [1.54, 1.807) is 6.07 Å². The normalized spacial score (nSPS) is 19.2. The minimum Gasteiger partial charge on any atom is -0.388 e. The van der Waals surface area contributed by atoms with Crippen LogP contribution >= 0.6 is 0 Å². The summed E-state index contributed by atoms with van der Waals surface area (Å²) < 4.78 is 13.7. The van der Waals surface area contributed by atoms with Gasteiger partial charge in [0.2, 0.25) is 0 Å². The topological polar surface area (TPSA) is 15.3 Å². The average Bonchev–Trinajstić information content (AvgIpc) is 2.25. The van der Waals surface area contributed by atoms with Crippen LogP contribution < -0.4 is 5.32 Å². The lowest BCUT2D eigenvalue weighted by molar-refractivity contribution is 0.00727. The first-order chi connectivity index (χ1) is 7.54. The number of hydrogen-bond acceptors (Lipinski definition) is 2. The Kier molecular flexibility index (Phi) is 2.89. The summed E-state index contributed by atoms with van der Waals surface area (Å²) in [6, 6.07) is 5.19. The molecule has 1 aromatic rings. The Morgan fingerprint density at radius 2 is 2.19 bits per heavy atom. The molecule has 88 valence electrons. The lowest BCUT2D eigenvalue weighted by Crippen LogP contribution is -2.55. The highest BCUT2D eigenvalue weighted by molar-refractivity contribution is 5.51. The fourth-order valence-electron chi connectivity index (χ4n) is 2.15. The van der Waals surface area contributed by atoms with Crippen LogP contribution in [0.15, 0.2) is 18.2 Å². The highest BCUT2D eigenvalue weighted by Crippen LogP contribution is 2.33. The Labute approximate surface area is 96.5 Å². The van der Waals surface area contributed by atoms with Gasteiger partial charge in [0.15, 0.2) is 0 Å². The second-order valence-corrected chi connectivity index (χ2v) is 5.00. The minimum atomic E-state index is -0.116. The zero-order valence-electron chi connectivity index (χ0n) is 10.2. The van der Waals surface area contributed by atoms with Crippen LogP contribution in [0.1, 0.15) is 25.8 Å². The van der Waals surface area contributed by atoms with E-state index in [2.05, 4.69) is 24.1 Å². The molecule has 0 atom stereocenters. The quantitative estimate of drug-likeness (QED) is 0.846. The maximum atomic E-state index is 13.7. The standard InChI is InChI=1S/C13H19FN2/c1-13(2)7-8-16(13)9-10-11(14)5-4-6-12(10)15-3/h4-6,15H,7-9H2,1-3H3. The van der Waals surface area contributed by atoms with Gasteiger partial charge in [-0.3, -0.25) is 4.90 Å². The predicted octanol–water partition coefficient (Wildman–Crippen LogP) is 2.85. The Morgan fingerprint density at radius 1 is 1.44 bits per heavy atom. The molecule has 2 nitrogen and oxygen atoms in total. The van der Waals surface area contributed by atoms with Gasteiger partial charge in [-0.2, -0.15) is 0 Å². The van der Waals surface area contributed by atoms with E-state index < -0.39 is 0 Å². The molecule has 1 fully saturated rings. The van der Waals surface area contributed by atoms with Crippen LogP contribution in [0.2, 0.25) is 0 Å². The van der Waals surface area contributed by atoms with Crippen LogP contribution in [0, 0.1) is 5.82 Å². The highest BCUT2D eigenvalue weighted by Gasteiger charge is 2.36. The molecule has 16 heavy (non-hydrogen) atoms. The molecule has 0 aliphatic carbocycles. The number of halogens is 1. The highest BCUT2D eigenvalue weighted by atomic mass is 19.1.